The highest BCUT2D eigenvalue weighted by molar-refractivity contribution is 6.50. The standard InChI is InChI=1S/C6H14BNO2/c1-3-6(7(9)10)4-5-8-2/h3,8-10H,4-5H2,1-2H3/b6-3+. The van der Waals surface area contributed by atoms with Gasteiger partial charge in [-0.2, -0.15) is 0 Å². The highest BCUT2D eigenvalue weighted by Gasteiger charge is 2.11. The highest BCUT2D eigenvalue weighted by atomic mass is 16.4. The van der Waals surface area contributed by atoms with E-state index in [-0.39, 0.29) is 0 Å². The monoisotopic (exact) mass is 143 g/mol. The Hall–Kier alpha value is -0.315. The maximum Gasteiger partial charge on any atom is 0.483 e. The molecule has 0 atom stereocenters. The van der Waals surface area contributed by atoms with Crippen LogP contribution in [0.5, 0.6) is 0 Å². The van der Waals surface area contributed by atoms with Crippen LogP contribution in [0, 0.1) is 0 Å². The van der Waals surface area contributed by atoms with Gasteiger partial charge in [-0.15, -0.1) is 0 Å². The molecule has 0 aromatic rings. The lowest BCUT2D eigenvalue weighted by molar-refractivity contribution is 0.416. The average Bonchev–Trinajstić information content (AvgIpc) is 1.89. The van der Waals surface area contributed by atoms with Gasteiger partial charge in [0.1, 0.15) is 0 Å². The van der Waals surface area contributed by atoms with Gasteiger partial charge in [-0.05, 0) is 32.4 Å². The van der Waals surface area contributed by atoms with E-state index in [1.807, 2.05) is 7.05 Å². The summed E-state index contributed by atoms with van der Waals surface area (Å²) in [5.74, 6) is 0. The minimum Gasteiger partial charge on any atom is -0.423 e. The molecule has 0 spiro atoms. The molecule has 0 saturated heterocycles. The third-order valence-corrected chi connectivity index (χ3v) is 1.37. The fraction of sp³-hybridized carbons (Fsp3) is 0.667. The fourth-order valence-corrected chi connectivity index (χ4v) is 0.692. The molecule has 58 valence electrons. The minimum atomic E-state index is -1.29. The molecule has 0 aliphatic carbocycles. The molecule has 0 radical (unpaired) electrons. The lowest BCUT2D eigenvalue weighted by Crippen LogP contribution is -2.19. The van der Waals surface area contributed by atoms with E-state index >= 15 is 0 Å². The Balaban J connectivity index is 3.63. The second-order valence-corrected chi connectivity index (χ2v) is 2.09. The van der Waals surface area contributed by atoms with Gasteiger partial charge in [0, 0.05) is 0 Å². The van der Waals surface area contributed by atoms with Gasteiger partial charge in [0.2, 0.25) is 0 Å². The van der Waals surface area contributed by atoms with E-state index in [0.717, 1.165) is 6.54 Å². The van der Waals surface area contributed by atoms with Gasteiger partial charge >= 0.3 is 7.12 Å². The quantitative estimate of drug-likeness (QED) is 0.467. The van der Waals surface area contributed by atoms with Crippen LogP contribution in [0.15, 0.2) is 11.5 Å². The summed E-state index contributed by atoms with van der Waals surface area (Å²) in [7, 11) is 0.537. The van der Waals surface area contributed by atoms with Gasteiger partial charge < -0.3 is 15.4 Å². The van der Waals surface area contributed by atoms with Crippen molar-refractivity contribution in [2.24, 2.45) is 0 Å². The largest absolute Gasteiger partial charge is 0.483 e. The first-order valence-corrected chi connectivity index (χ1v) is 3.38. The molecule has 0 unspecified atom stereocenters. The lowest BCUT2D eigenvalue weighted by Gasteiger charge is -2.03. The van der Waals surface area contributed by atoms with E-state index in [1.54, 1.807) is 13.0 Å². The molecule has 0 rings (SSSR count). The first-order valence-electron chi connectivity index (χ1n) is 3.38. The van der Waals surface area contributed by atoms with Crippen molar-refractivity contribution in [1.82, 2.24) is 5.32 Å². The van der Waals surface area contributed by atoms with E-state index in [4.69, 9.17) is 10.0 Å². The molecule has 0 fully saturated rings. The molecule has 0 heterocycles. The van der Waals surface area contributed by atoms with Crippen LogP contribution in [0.2, 0.25) is 0 Å². The number of nitrogens with one attached hydrogen (secondary N) is 1. The highest BCUT2D eigenvalue weighted by Crippen LogP contribution is 2.00. The second kappa shape index (κ2) is 5.47. The van der Waals surface area contributed by atoms with Crippen LogP contribution in [0.3, 0.4) is 0 Å². The topological polar surface area (TPSA) is 52.5 Å². The minimum absolute atomic E-state index is 0.661. The van der Waals surface area contributed by atoms with Crippen molar-refractivity contribution in [3.63, 3.8) is 0 Å². The molecular formula is C6H14BNO2. The van der Waals surface area contributed by atoms with E-state index in [9.17, 15) is 0 Å². The third-order valence-electron chi connectivity index (χ3n) is 1.37. The number of rotatable bonds is 4. The molecule has 0 amide bonds. The van der Waals surface area contributed by atoms with Crippen molar-refractivity contribution in [2.45, 2.75) is 13.3 Å². The van der Waals surface area contributed by atoms with E-state index < -0.39 is 7.12 Å². The summed E-state index contributed by atoms with van der Waals surface area (Å²) in [5.41, 5.74) is 0.661. The fourth-order valence-electron chi connectivity index (χ4n) is 0.692. The summed E-state index contributed by atoms with van der Waals surface area (Å²) in [6.07, 6.45) is 2.41. The van der Waals surface area contributed by atoms with Crippen molar-refractivity contribution >= 4 is 7.12 Å². The van der Waals surface area contributed by atoms with E-state index in [1.165, 1.54) is 0 Å². The SMILES string of the molecule is C/C=C(\CCNC)B(O)O. The van der Waals surface area contributed by atoms with Crippen molar-refractivity contribution in [2.75, 3.05) is 13.6 Å². The van der Waals surface area contributed by atoms with Crippen LogP contribution in [0.4, 0.5) is 0 Å². The number of hydrogen-bond acceptors (Lipinski definition) is 3. The van der Waals surface area contributed by atoms with Crippen molar-refractivity contribution in [3.05, 3.63) is 11.5 Å². The Morgan fingerprint density at radius 2 is 2.20 bits per heavy atom. The van der Waals surface area contributed by atoms with Gasteiger partial charge in [-0.25, -0.2) is 0 Å². The summed E-state index contributed by atoms with van der Waals surface area (Å²) >= 11 is 0. The number of hydrogen-bond donors (Lipinski definition) is 3. The first kappa shape index (κ1) is 9.68. The van der Waals surface area contributed by atoms with Crippen LogP contribution in [-0.2, 0) is 0 Å². The maximum absolute atomic E-state index is 8.70. The smallest absolute Gasteiger partial charge is 0.423 e. The third kappa shape index (κ3) is 3.66. The Morgan fingerprint density at radius 1 is 1.60 bits per heavy atom. The van der Waals surface area contributed by atoms with Gasteiger partial charge in [0.25, 0.3) is 0 Å². The molecule has 0 aromatic carbocycles. The van der Waals surface area contributed by atoms with Crippen LogP contribution in [0.1, 0.15) is 13.3 Å². The van der Waals surface area contributed by atoms with Gasteiger partial charge in [0.05, 0.1) is 0 Å². The van der Waals surface area contributed by atoms with E-state index in [2.05, 4.69) is 5.32 Å². The Morgan fingerprint density at radius 3 is 2.50 bits per heavy atom. The summed E-state index contributed by atoms with van der Waals surface area (Å²) in [4.78, 5) is 0. The zero-order valence-corrected chi connectivity index (χ0v) is 6.46. The van der Waals surface area contributed by atoms with Crippen LogP contribution in [0.25, 0.3) is 0 Å². The summed E-state index contributed by atoms with van der Waals surface area (Å²) in [6.45, 7) is 2.57. The second-order valence-electron chi connectivity index (χ2n) is 2.09. The predicted octanol–water partition coefficient (Wildman–Crippen LogP) is -0.446. The summed E-state index contributed by atoms with van der Waals surface area (Å²) < 4.78 is 0. The molecule has 0 bridgehead atoms. The number of allylic oxidation sites excluding steroid dienone is 1. The molecular weight excluding hydrogens is 129 g/mol. The molecule has 0 aliphatic heterocycles. The van der Waals surface area contributed by atoms with Crippen molar-refractivity contribution in [1.29, 1.82) is 0 Å². The molecule has 3 N–H and O–H groups in total. The summed E-state index contributed by atoms with van der Waals surface area (Å²) in [5, 5.41) is 20.3. The molecule has 0 saturated carbocycles. The van der Waals surface area contributed by atoms with Gasteiger partial charge in [-0.1, -0.05) is 6.08 Å². The zero-order valence-electron chi connectivity index (χ0n) is 6.46. The Kier molecular flexibility index (Phi) is 5.30. The average molecular weight is 143 g/mol. The van der Waals surface area contributed by atoms with Crippen LogP contribution >= 0.6 is 0 Å². The first-order chi connectivity index (χ1) is 4.72. The van der Waals surface area contributed by atoms with Crippen molar-refractivity contribution in [3.8, 4) is 0 Å². The van der Waals surface area contributed by atoms with Crippen LogP contribution < -0.4 is 5.32 Å². The van der Waals surface area contributed by atoms with Crippen molar-refractivity contribution < 1.29 is 10.0 Å². The predicted molar refractivity (Wildman–Crippen MR) is 42.5 cm³/mol. The van der Waals surface area contributed by atoms with E-state index in [0.29, 0.717) is 11.9 Å². The van der Waals surface area contributed by atoms with Gasteiger partial charge in [0.15, 0.2) is 0 Å². The molecule has 3 nitrogen and oxygen atoms in total. The van der Waals surface area contributed by atoms with Crippen LogP contribution in [-0.4, -0.2) is 30.8 Å². The molecule has 0 aromatic heterocycles. The summed E-state index contributed by atoms with van der Waals surface area (Å²) in [6, 6.07) is 0. The normalized spacial score (nSPS) is 11.8. The molecule has 10 heavy (non-hydrogen) atoms. The lowest BCUT2D eigenvalue weighted by atomic mass is 9.77. The molecule has 0 aliphatic rings. The Bertz CT molecular complexity index is 114. The van der Waals surface area contributed by atoms with Gasteiger partial charge in [-0.3, -0.25) is 0 Å². The Labute approximate surface area is 61.9 Å². The maximum atomic E-state index is 8.70. The zero-order chi connectivity index (χ0) is 7.98. The molecule has 4 heteroatoms.